The number of carbonyl (C=O) groups excluding carboxylic acids is 1. The number of carbonyl (C=O) groups is 1. The van der Waals surface area contributed by atoms with Crippen LogP contribution in [0, 0.1) is 0 Å². The molecule has 0 atom stereocenters. The van der Waals surface area contributed by atoms with Crippen LogP contribution in [0.15, 0.2) is 77.9 Å². The number of hydrazone groups is 1. The second-order valence-corrected chi connectivity index (χ2v) is 6.59. The molecule has 3 aromatic rings. The number of ether oxygens (including phenoxy) is 3. The van der Waals surface area contributed by atoms with Crippen LogP contribution in [0.25, 0.3) is 0 Å². The minimum atomic E-state index is -0.359. The quantitative estimate of drug-likeness (QED) is 0.407. The number of para-hydroxylation sites is 1. The van der Waals surface area contributed by atoms with Crippen LogP contribution in [0.2, 0.25) is 5.02 Å². The van der Waals surface area contributed by atoms with Crippen LogP contribution in [-0.4, -0.2) is 25.8 Å². The molecule has 0 saturated carbocycles. The lowest BCUT2D eigenvalue weighted by Crippen LogP contribution is -2.24. The van der Waals surface area contributed by atoms with E-state index >= 15 is 0 Å². The number of benzene rings is 3. The number of halogens is 1. The fourth-order valence-corrected chi connectivity index (χ4v) is 2.72. The molecule has 0 aliphatic rings. The molecule has 154 valence electrons. The third-order valence-corrected chi connectivity index (χ3v) is 4.41. The molecule has 6 nitrogen and oxygen atoms in total. The first-order chi connectivity index (χ1) is 14.7. The van der Waals surface area contributed by atoms with Gasteiger partial charge in [-0.15, -0.1) is 0 Å². The van der Waals surface area contributed by atoms with Crippen molar-refractivity contribution in [2.45, 2.75) is 6.61 Å². The normalized spacial score (nSPS) is 10.6. The number of nitrogens with zero attached hydrogens (tertiary/aromatic N) is 1. The summed E-state index contributed by atoms with van der Waals surface area (Å²) in [4.78, 5) is 11.8. The summed E-state index contributed by atoms with van der Waals surface area (Å²) >= 11 is 6.16. The highest BCUT2D eigenvalue weighted by molar-refractivity contribution is 6.31. The van der Waals surface area contributed by atoms with Crippen molar-refractivity contribution in [1.29, 1.82) is 0 Å². The largest absolute Gasteiger partial charge is 0.493 e. The van der Waals surface area contributed by atoms with Crippen LogP contribution < -0.4 is 19.6 Å². The number of amides is 1. The van der Waals surface area contributed by atoms with Gasteiger partial charge >= 0.3 is 0 Å². The number of nitrogens with one attached hydrogen (secondary N) is 1. The summed E-state index contributed by atoms with van der Waals surface area (Å²) in [5.41, 5.74) is 4.04. The lowest BCUT2D eigenvalue weighted by atomic mass is 10.2. The first-order valence-electron chi connectivity index (χ1n) is 9.19. The van der Waals surface area contributed by atoms with Crippen LogP contribution in [0.1, 0.15) is 11.1 Å². The third kappa shape index (κ3) is 6.25. The smallest absolute Gasteiger partial charge is 0.277 e. The highest BCUT2D eigenvalue weighted by Crippen LogP contribution is 2.29. The zero-order chi connectivity index (χ0) is 21.2. The predicted molar refractivity (Wildman–Crippen MR) is 116 cm³/mol. The summed E-state index contributed by atoms with van der Waals surface area (Å²) in [5, 5.41) is 4.59. The molecule has 1 amide bonds. The van der Waals surface area contributed by atoms with E-state index in [9.17, 15) is 4.79 Å². The van der Waals surface area contributed by atoms with Crippen molar-refractivity contribution in [2.75, 3.05) is 13.7 Å². The van der Waals surface area contributed by atoms with E-state index in [-0.39, 0.29) is 12.5 Å². The van der Waals surface area contributed by atoms with Crippen molar-refractivity contribution in [3.63, 3.8) is 0 Å². The summed E-state index contributed by atoms with van der Waals surface area (Å²) in [6, 6.07) is 21.9. The molecule has 0 saturated heterocycles. The maximum Gasteiger partial charge on any atom is 0.277 e. The van der Waals surface area contributed by atoms with Crippen molar-refractivity contribution >= 4 is 23.7 Å². The van der Waals surface area contributed by atoms with E-state index in [1.165, 1.54) is 6.21 Å². The van der Waals surface area contributed by atoms with Gasteiger partial charge in [-0.3, -0.25) is 4.79 Å². The minimum absolute atomic E-state index is 0.125. The highest BCUT2D eigenvalue weighted by Gasteiger charge is 2.07. The first kappa shape index (κ1) is 21.2. The first-order valence-corrected chi connectivity index (χ1v) is 9.57. The summed E-state index contributed by atoms with van der Waals surface area (Å²) in [6.45, 7) is 0.195. The van der Waals surface area contributed by atoms with E-state index in [1.54, 1.807) is 37.4 Å². The van der Waals surface area contributed by atoms with Crippen molar-refractivity contribution in [1.82, 2.24) is 5.43 Å². The van der Waals surface area contributed by atoms with E-state index in [2.05, 4.69) is 10.5 Å². The van der Waals surface area contributed by atoms with Crippen molar-refractivity contribution in [2.24, 2.45) is 5.10 Å². The Morgan fingerprint density at radius 3 is 2.53 bits per heavy atom. The van der Waals surface area contributed by atoms with Gasteiger partial charge in [0.25, 0.3) is 5.91 Å². The molecule has 30 heavy (non-hydrogen) atoms. The fourth-order valence-electron chi connectivity index (χ4n) is 2.53. The third-order valence-electron chi connectivity index (χ3n) is 4.04. The van der Waals surface area contributed by atoms with E-state index in [4.69, 9.17) is 25.8 Å². The molecule has 7 heteroatoms. The monoisotopic (exact) mass is 424 g/mol. The summed E-state index contributed by atoms with van der Waals surface area (Å²) in [7, 11) is 1.56. The van der Waals surface area contributed by atoms with Crippen molar-refractivity contribution < 1.29 is 19.0 Å². The molecule has 3 rings (SSSR count). The zero-order valence-corrected chi connectivity index (χ0v) is 17.1. The highest BCUT2D eigenvalue weighted by atomic mass is 35.5. The Hall–Kier alpha value is -3.51. The molecule has 0 heterocycles. The molecule has 0 aromatic heterocycles. The van der Waals surface area contributed by atoms with Crippen molar-refractivity contribution in [3.05, 3.63) is 88.9 Å². The maximum atomic E-state index is 11.8. The number of hydrogen-bond donors (Lipinski definition) is 1. The number of hydrogen-bond acceptors (Lipinski definition) is 5. The van der Waals surface area contributed by atoms with Gasteiger partial charge in [0.2, 0.25) is 0 Å². The van der Waals surface area contributed by atoms with Crippen LogP contribution in [-0.2, 0) is 11.4 Å². The number of methoxy groups -OCH3 is 1. The van der Waals surface area contributed by atoms with E-state index in [0.717, 1.165) is 11.1 Å². The van der Waals surface area contributed by atoms with E-state index < -0.39 is 0 Å². The molecule has 1 N–H and O–H groups in total. The molecule has 0 aliphatic heterocycles. The van der Waals surface area contributed by atoms with Crippen LogP contribution in [0.5, 0.6) is 17.2 Å². The van der Waals surface area contributed by atoms with Gasteiger partial charge in [0.1, 0.15) is 12.4 Å². The zero-order valence-electron chi connectivity index (χ0n) is 16.4. The topological polar surface area (TPSA) is 69.2 Å². The Bertz CT molecular complexity index is 1010. The Balaban J connectivity index is 1.53. The average molecular weight is 425 g/mol. The Labute approximate surface area is 180 Å². The van der Waals surface area contributed by atoms with Gasteiger partial charge in [-0.05, 0) is 42.0 Å². The molecule has 0 aliphatic carbocycles. The van der Waals surface area contributed by atoms with Gasteiger partial charge in [0, 0.05) is 10.6 Å². The van der Waals surface area contributed by atoms with Gasteiger partial charge in [-0.1, -0.05) is 48.0 Å². The van der Waals surface area contributed by atoms with Gasteiger partial charge in [0.05, 0.1) is 13.3 Å². The molecule has 3 aromatic carbocycles. The summed E-state index contributed by atoms with van der Waals surface area (Å²) in [5.74, 6) is 1.38. The van der Waals surface area contributed by atoms with Gasteiger partial charge in [0.15, 0.2) is 18.1 Å². The average Bonchev–Trinajstić information content (AvgIpc) is 2.78. The summed E-state index contributed by atoms with van der Waals surface area (Å²) in [6.07, 6.45) is 1.51. The second-order valence-electron chi connectivity index (χ2n) is 6.19. The molecule has 0 radical (unpaired) electrons. The lowest BCUT2D eigenvalue weighted by molar-refractivity contribution is -0.123. The Kier molecular flexibility index (Phi) is 7.69. The predicted octanol–water partition coefficient (Wildman–Crippen LogP) is 4.46. The molecule has 0 unspecified atom stereocenters. The Morgan fingerprint density at radius 1 is 1.00 bits per heavy atom. The van der Waals surface area contributed by atoms with Gasteiger partial charge in [-0.25, -0.2) is 5.43 Å². The minimum Gasteiger partial charge on any atom is -0.493 e. The SMILES string of the molecule is COc1cc(C=NNC(=O)COc2ccccc2)ccc1OCc1ccccc1Cl. The lowest BCUT2D eigenvalue weighted by Gasteiger charge is -2.12. The second kappa shape index (κ2) is 10.9. The molecular weight excluding hydrogens is 404 g/mol. The van der Waals surface area contributed by atoms with Gasteiger partial charge < -0.3 is 14.2 Å². The molecule has 0 bridgehead atoms. The molecule has 0 spiro atoms. The molecular formula is C23H21ClN2O4. The van der Waals surface area contributed by atoms with E-state index in [1.807, 2.05) is 42.5 Å². The Morgan fingerprint density at radius 2 is 1.77 bits per heavy atom. The number of rotatable bonds is 9. The van der Waals surface area contributed by atoms with Crippen LogP contribution in [0.4, 0.5) is 0 Å². The fraction of sp³-hybridized carbons (Fsp3) is 0.130. The standard InChI is InChI=1S/C23H21ClN2O4/c1-28-22-13-17(11-12-21(22)30-15-18-7-5-6-10-20(18)24)14-25-26-23(27)16-29-19-8-3-2-4-9-19/h2-14H,15-16H2,1H3,(H,26,27). The van der Waals surface area contributed by atoms with Gasteiger partial charge in [-0.2, -0.15) is 5.10 Å². The van der Waals surface area contributed by atoms with Crippen LogP contribution >= 0.6 is 11.6 Å². The molecule has 0 fully saturated rings. The van der Waals surface area contributed by atoms with Crippen LogP contribution in [0.3, 0.4) is 0 Å². The maximum absolute atomic E-state index is 11.8. The summed E-state index contributed by atoms with van der Waals surface area (Å²) < 4.78 is 16.6. The van der Waals surface area contributed by atoms with E-state index in [0.29, 0.717) is 28.9 Å². The van der Waals surface area contributed by atoms with Crippen molar-refractivity contribution in [3.8, 4) is 17.2 Å².